The van der Waals surface area contributed by atoms with Crippen molar-refractivity contribution in [1.82, 2.24) is 0 Å². The van der Waals surface area contributed by atoms with Crippen LogP contribution in [0.2, 0.25) is 0 Å². The minimum Gasteiger partial charge on any atom is -0.455 e. The molecule has 1 unspecified atom stereocenters. The summed E-state index contributed by atoms with van der Waals surface area (Å²) in [6, 6.07) is 6.80. The summed E-state index contributed by atoms with van der Waals surface area (Å²) in [5.41, 5.74) is 6.43. The zero-order valence-corrected chi connectivity index (χ0v) is 8.07. The third-order valence-corrected chi connectivity index (χ3v) is 1.81. The Morgan fingerprint density at radius 2 is 2.21 bits per heavy atom. The molecule has 0 bridgehead atoms. The van der Waals surface area contributed by atoms with Crippen LogP contribution in [0.5, 0.6) is 0 Å². The summed E-state index contributed by atoms with van der Waals surface area (Å²) >= 11 is 0. The minimum atomic E-state index is -0.421. The monoisotopic (exact) mass is 191 g/mol. The van der Waals surface area contributed by atoms with Gasteiger partial charge in [-0.05, 0) is 19.1 Å². The van der Waals surface area contributed by atoms with Gasteiger partial charge in [0.1, 0.15) is 6.10 Å². The Morgan fingerprint density at radius 3 is 2.79 bits per heavy atom. The lowest BCUT2D eigenvalue weighted by atomic mass is 10.2. The first-order chi connectivity index (χ1) is 6.65. The second-order valence-electron chi connectivity index (χ2n) is 2.93. The van der Waals surface area contributed by atoms with Crippen molar-refractivity contribution in [2.45, 2.75) is 13.0 Å². The third kappa shape index (κ3) is 2.36. The molecule has 3 nitrogen and oxygen atoms in total. The third-order valence-electron chi connectivity index (χ3n) is 1.81. The molecule has 0 radical (unpaired) electrons. The number of nitrogen functional groups attached to an aromatic ring is 1. The van der Waals surface area contributed by atoms with Crippen molar-refractivity contribution in [1.29, 1.82) is 0 Å². The van der Waals surface area contributed by atoms with Crippen LogP contribution in [0.25, 0.3) is 0 Å². The number of nitrogens with two attached hydrogens (primary N) is 1. The largest absolute Gasteiger partial charge is 0.455 e. The van der Waals surface area contributed by atoms with Crippen molar-refractivity contribution >= 4 is 11.7 Å². The summed E-state index contributed by atoms with van der Waals surface area (Å²) in [7, 11) is 0. The van der Waals surface area contributed by atoms with Crippen LogP contribution >= 0.6 is 0 Å². The Morgan fingerprint density at radius 1 is 1.57 bits per heavy atom. The van der Waals surface area contributed by atoms with Crippen LogP contribution < -0.4 is 5.73 Å². The van der Waals surface area contributed by atoms with Crippen molar-refractivity contribution in [2.75, 3.05) is 5.73 Å². The predicted molar refractivity (Wildman–Crippen MR) is 55.9 cm³/mol. The minimum absolute atomic E-state index is 0.304. The molecule has 0 fully saturated rings. The van der Waals surface area contributed by atoms with E-state index in [1.807, 2.05) is 0 Å². The molecule has 0 amide bonds. The quantitative estimate of drug-likeness (QED) is 0.451. The molecule has 3 heteroatoms. The number of ether oxygens (including phenoxy) is 1. The second kappa shape index (κ2) is 4.46. The van der Waals surface area contributed by atoms with Crippen LogP contribution in [0.1, 0.15) is 17.3 Å². The highest BCUT2D eigenvalue weighted by molar-refractivity contribution is 5.95. The van der Waals surface area contributed by atoms with Gasteiger partial charge in [-0.2, -0.15) is 0 Å². The second-order valence-corrected chi connectivity index (χ2v) is 2.93. The van der Waals surface area contributed by atoms with Crippen molar-refractivity contribution in [3.8, 4) is 0 Å². The molecule has 1 aromatic carbocycles. The van der Waals surface area contributed by atoms with E-state index in [-0.39, 0.29) is 6.10 Å². The van der Waals surface area contributed by atoms with Crippen LogP contribution in [0, 0.1) is 0 Å². The van der Waals surface area contributed by atoms with Gasteiger partial charge in [-0.1, -0.05) is 24.8 Å². The highest BCUT2D eigenvalue weighted by Gasteiger charge is 2.11. The molecule has 0 aliphatic carbocycles. The molecule has 0 heterocycles. The van der Waals surface area contributed by atoms with Gasteiger partial charge in [0.25, 0.3) is 0 Å². The Hall–Kier alpha value is -1.77. The van der Waals surface area contributed by atoms with Gasteiger partial charge >= 0.3 is 5.97 Å². The van der Waals surface area contributed by atoms with Crippen LogP contribution in [0.4, 0.5) is 5.69 Å². The summed E-state index contributed by atoms with van der Waals surface area (Å²) in [4.78, 5) is 11.5. The van der Waals surface area contributed by atoms with Crippen LogP contribution in [0.15, 0.2) is 36.9 Å². The summed E-state index contributed by atoms with van der Waals surface area (Å²) in [5.74, 6) is -0.421. The molecule has 2 N–H and O–H groups in total. The summed E-state index contributed by atoms with van der Waals surface area (Å²) in [5, 5.41) is 0. The van der Waals surface area contributed by atoms with E-state index >= 15 is 0 Å². The Kier molecular flexibility index (Phi) is 3.29. The molecule has 0 spiro atoms. The fourth-order valence-corrected chi connectivity index (χ4v) is 0.963. The van der Waals surface area contributed by atoms with E-state index in [1.54, 1.807) is 37.3 Å². The molecule has 0 saturated heterocycles. The molecule has 0 aliphatic rings. The topological polar surface area (TPSA) is 52.3 Å². The fraction of sp³-hybridized carbons (Fsp3) is 0.182. The SMILES string of the molecule is C=CC(C)OC(=O)c1ccccc1N. The Balaban J connectivity index is 2.80. The lowest BCUT2D eigenvalue weighted by Crippen LogP contribution is -2.13. The Bertz CT molecular complexity index is 347. The van der Waals surface area contributed by atoms with Gasteiger partial charge in [0.2, 0.25) is 0 Å². The molecule has 74 valence electrons. The highest BCUT2D eigenvalue weighted by Crippen LogP contribution is 2.12. The average molecular weight is 191 g/mol. The van der Waals surface area contributed by atoms with E-state index in [4.69, 9.17) is 10.5 Å². The number of hydrogen-bond donors (Lipinski definition) is 1. The van der Waals surface area contributed by atoms with Gasteiger partial charge in [-0.25, -0.2) is 4.79 Å². The number of benzene rings is 1. The lowest BCUT2D eigenvalue weighted by Gasteiger charge is -2.09. The van der Waals surface area contributed by atoms with Crippen molar-refractivity contribution in [2.24, 2.45) is 0 Å². The first kappa shape index (κ1) is 10.3. The number of anilines is 1. The van der Waals surface area contributed by atoms with E-state index in [0.29, 0.717) is 11.3 Å². The van der Waals surface area contributed by atoms with Gasteiger partial charge in [-0.3, -0.25) is 0 Å². The van der Waals surface area contributed by atoms with E-state index in [0.717, 1.165) is 0 Å². The van der Waals surface area contributed by atoms with Crippen LogP contribution in [0.3, 0.4) is 0 Å². The van der Waals surface area contributed by atoms with E-state index in [1.165, 1.54) is 0 Å². The predicted octanol–water partition coefficient (Wildman–Crippen LogP) is 2.00. The number of para-hydroxylation sites is 1. The van der Waals surface area contributed by atoms with Gasteiger partial charge in [0.15, 0.2) is 0 Å². The van der Waals surface area contributed by atoms with E-state index < -0.39 is 5.97 Å². The molecule has 0 aromatic heterocycles. The van der Waals surface area contributed by atoms with Gasteiger partial charge in [0, 0.05) is 5.69 Å². The van der Waals surface area contributed by atoms with Crippen molar-refractivity contribution in [3.63, 3.8) is 0 Å². The average Bonchev–Trinajstić information content (AvgIpc) is 2.18. The number of rotatable bonds is 3. The zero-order chi connectivity index (χ0) is 10.6. The first-order valence-electron chi connectivity index (χ1n) is 4.33. The molecular formula is C11H13NO2. The summed E-state index contributed by atoms with van der Waals surface area (Å²) in [6.45, 7) is 5.26. The molecule has 1 atom stereocenters. The number of carbonyl (C=O) groups excluding carboxylic acids is 1. The molecule has 1 aromatic rings. The van der Waals surface area contributed by atoms with E-state index in [9.17, 15) is 4.79 Å². The first-order valence-corrected chi connectivity index (χ1v) is 4.33. The summed E-state index contributed by atoms with van der Waals surface area (Å²) < 4.78 is 5.03. The maximum Gasteiger partial charge on any atom is 0.340 e. The van der Waals surface area contributed by atoms with Crippen LogP contribution in [-0.4, -0.2) is 12.1 Å². The molecule has 1 rings (SSSR count). The number of esters is 1. The van der Waals surface area contributed by atoms with Crippen molar-refractivity contribution < 1.29 is 9.53 Å². The number of carbonyl (C=O) groups is 1. The molecule has 0 aliphatic heterocycles. The van der Waals surface area contributed by atoms with E-state index in [2.05, 4.69) is 6.58 Å². The Labute approximate surface area is 83.2 Å². The van der Waals surface area contributed by atoms with Gasteiger partial charge in [-0.15, -0.1) is 0 Å². The smallest absolute Gasteiger partial charge is 0.340 e. The maximum absolute atomic E-state index is 11.5. The standard InChI is InChI=1S/C11H13NO2/c1-3-8(2)14-11(13)9-6-4-5-7-10(9)12/h3-8H,1,12H2,2H3. The van der Waals surface area contributed by atoms with Gasteiger partial charge < -0.3 is 10.5 Å². The maximum atomic E-state index is 11.5. The van der Waals surface area contributed by atoms with Gasteiger partial charge in [0.05, 0.1) is 5.56 Å². The lowest BCUT2D eigenvalue weighted by molar-refractivity contribution is 0.0426. The highest BCUT2D eigenvalue weighted by atomic mass is 16.5. The van der Waals surface area contributed by atoms with Crippen LogP contribution in [-0.2, 0) is 4.74 Å². The summed E-state index contributed by atoms with van der Waals surface area (Å²) in [6.07, 6.45) is 1.25. The van der Waals surface area contributed by atoms with Crippen molar-refractivity contribution in [3.05, 3.63) is 42.5 Å². The zero-order valence-electron chi connectivity index (χ0n) is 8.07. The number of hydrogen-bond acceptors (Lipinski definition) is 3. The molecular weight excluding hydrogens is 178 g/mol. The molecule has 0 saturated carbocycles. The molecule has 14 heavy (non-hydrogen) atoms. The normalized spacial score (nSPS) is 11.8. The fourth-order valence-electron chi connectivity index (χ4n) is 0.963.